The lowest BCUT2D eigenvalue weighted by Gasteiger charge is -2.27. The molecule has 2 aromatic heterocycles. The minimum Gasteiger partial charge on any atom is -0.479 e. The number of carboxylic acids is 1. The smallest absolute Gasteiger partial charge is 0.335 e. The molecule has 2 aliphatic rings. The number of aliphatic carboxylic acids is 1. The number of carbonyl (C=O) groups is 1. The Morgan fingerprint density at radius 3 is 2.67 bits per heavy atom. The van der Waals surface area contributed by atoms with Gasteiger partial charge in [0.1, 0.15) is 11.3 Å². The standard InChI is InChI=1S/C27H27F2N3O4/c1-14-10-18(2-3-19(14)28)32-20-11-17-13-30-31-24(17)23(29)22(20)21(25(32)15-5-8-36-9-6-15)16-4-7-27(35,12-16)26(33)34/h2-3,10-11,13,15-16,35H,4-9,12H2,1H3,(H,30,31)(H,33,34)/t16-,27+/m1/s1. The first-order valence-corrected chi connectivity index (χ1v) is 12.3. The van der Waals surface area contributed by atoms with Crippen LogP contribution >= 0.6 is 0 Å². The molecule has 3 heterocycles. The topological polar surface area (TPSA) is 100 Å². The lowest BCUT2D eigenvalue weighted by atomic mass is 9.85. The number of aromatic nitrogens is 3. The van der Waals surface area contributed by atoms with Gasteiger partial charge in [0, 0.05) is 41.3 Å². The highest BCUT2D eigenvalue weighted by Crippen LogP contribution is 2.50. The highest BCUT2D eigenvalue weighted by atomic mass is 19.1. The van der Waals surface area contributed by atoms with Crippen molar-refractivity contribution in [2.24, 2.45) is 0 Å². The Kier molecular flexibility index (Phi) is 5.38. The number of benzene rings is 2. The number of aryl methyl sites for hydroxylation is 1. The van der Waals surface area contributed by atoms with Crippen molar-refractivity contribution in [3.05, 3.63) is 58.9 Å². The van der Waals surface area contributed by atoms with E-state index in [4.69, 9.17) is 4.74 Å². The van der Waals surface area contributed by atoms with Crippen molar-refractivity contribution in [1.82, 2.24) is 14.8 Å². The molecule has 0 bridgehead atoms. The summed E-state index contributed by atoms with van der Waals surface area (Å²) in [4.78, 5) is 11.9. The lowest BCUT2D eigenvalue weighted by molar-refractivity contribution is -0.157. The van der Waals surface area contributed by atoms with Crippen molar-refractivity contribution < 1.29 is 28.5 Å². The van der Waals surface area contributed by atoms with Crippen molar-refractivity contribution in [3.63, 3.8) is 0 Å². The number of halogens is 2. The lowest BCUT2D eigenvalue weighted by Crippen LogP contribution is -2.35. The van der Waals surface area contributed by atoms with Gasteiger partial charge in [0.15, 0.2) is 11.4 Å². The highest BCUT2D eigenvalue weighted by molar-refractivity contribution is 6.00. The Hall–Kier alpha value is -3.30. The maximum Gasteiger partial charge on any atom is 0.335 e. The van der Waals surface area contributed by atoms with Crippen LogP contribution in [0.5, 0.6) is 0 Å². The fourth-order valence-electron chi connectivity index (χ4n) is 6.15. The number of H-pyrrole nitrogens is 1. The van der Waals surface area contributed by atoms with Crippen LogP contribution in [0, 0.1) is 18.6 Å². The van der Waals surface area contributed by atoms with E-state index in [9.17, 15) is 19.4 Å². The van der Waals surface area contributed by atoms with Gasteiger partial charge in [-0.15, -0.1) is 0 Å². The Bertz CT molecular complexity index is 1500. The third kappa shape index (κ3) is 3.44. The molecule has 1 saturated carbocycles. The Balaban J connectivity index is 1.70. The third-order valence-electron chi connectivity index (χ3n) is 7.99. The predicted octanol–water partition coefficient (Wildman–Crippen LogP) is 5.07. The van der Waals surface area contributed by atoms with E-state index in [2.05, 4.69) is 10.2 Å². The summed E-state index contributed by atoms with van der Waals surface area (Å²) in [6.07, 6.45) is 3.52. The summed E-state index contributed by atoms with van der Waals surface area (Å²) in [7, 11) is 0. The third-order valence-corrected chi connectivity index (χ3v) is 7.99. The number of nitrogens with zero attached hydrogens (tertiary/aromatic N) is 2. The van der Waals surface area contributed by atoms with E-state index in [0.717, 1.165) is 24.1 Å². The summed E-state index contributed by atoms with van der Waals surface area (Å²) in [5.74, 6) is -2.36. The second-order valence-electron chi connectivity index (χ2n) is 10.1. The molecule has 9 heteroatoms. The predicted molar refractivity (Wildman–Crippen MR) is 130 cm³/mol. The molecule has 4 aromatic rings. The first kappa shape index (κ1) is 23.1. The summed E-state index contributed by atoms with van der Waals surface area (Å²) in [6, 6.07) is 6.73. The normalized spacial score (nSPS) is 23.2. The molecule has 0 spiro atoms. The van der Waals surface area contributed by atoms with Crippen molar-refractivity contribution in [1.29, 1.82) is 0 Å². The van der Waals surface area contributed by atoms with E-state index in [-0.39, 0.29) is 36.0 Å². The minimum absolute atomic E-state index is 0.000561. The Labute approximate surface area is 205 Å². The molecule has 0 unspecified atom stereocenters. The van der Waals surface area contributed by atoms with Crippen molar-refractivity contribution in [2.45, 2.75) is 56.5 Å². The van der Waals surface area contributed by atoms with Crippen LogP contribution in [0.4, 0.5) is 8.78 Å². The second kappa shape index (κ2) is 8.38. The SMILES string of the molecule is Cc1cc(-n2c(C3CCOCC3)c([C@@H]3CC[C@@](O)(C(=O)O)C3)c3c(F)c4[nH]ncc4cc32)ccc1F. The number of aromatic amines is 1. The van der Waals surface area contributed by atoms with Gasteiger partial charge in [0.25, 0.3) is 0 Å². The molecule has 1 aliphatic carbocycles. The fraction of sp³-hybridized carbons (Fsp3) is 0.407. The van der Waals surface area contributed by atoms with E-state index in [1.165, 1.54) is 6.07 Å². The van der Waals surface area contributed by atoms with E-state index in [1.807, 2.05) is 10.6 Å². The van der Waals surface area contributed by atoms with Gasteiger partial charge in [0.2, 0.25) is 0 Å². The van der Waals surface area contributed by atoms with Crippen LogP contribution in [-0.2, 0) is 9.53 Å². The van der Waals surface area contributed by atoms with Gasteiger partial charge in [0.05, 0.1) is 11.7 Å². The number of fused-ring (bicyclic) bond motifs is 2. The number of hydrogen-bond donors (Lipinski definition) is 3. The van der Waals surface area contributed by atoms with Crippen molar-refractivity contribution >= 4 is 27.8 Å². The largest absolute Gasteiger partial charge is 0.479 e. The molecule has 2 aromatic carbocycles. The van der Waals surface area contributed by atoms with Crippen molar-refractivity contribution in [2.75, 3.05) is 13.2 Å². The number of aliphatic hydroxyl groups is 1. The zero-order valence-electron chi connectivity index (χ0n) is 19.9. The van der Waals surface area contributed by atoms with Crippen LogP contribution in [0.25, 0.3) is 27.5 Å². The molecule has 2 fully saturated rings. The minimum atomic E-state index is -1.85. The van der Waals surface area contributed by atoms with Crippen LogP contribution in [0.1, 0.15) is 60.8 Å². The zero-order valence-corrected chi connectivity index (χ0v) is 19.9. The van der Waals surface area contributed by atoms with E-state index in [1.54, 1.807) is 25.3 Å². The average molecular weight is 496 g/mol. The summed E-state index contributed by atoms with van der Waals surface area (Å²) in [5.41, 5.74) is 1.84. The number of nitrogens with one attached hydrogen (secondary N) is 1. The van der Waals surface area contributed by atoms with Gasteiger partial charge in [-0.3, -0.25) is 5.10 Å². The van der Waals surface area contributed by atoms with Crippen LogP contribution < -0.4 is 0 Å². The first-order chi connectivity index (χ1) is 17.3. The van der Waals surface area contributed by atoms with Crippen LogP contribution in [0.2, 0.25) is 0 Å². The van der Waals surface area contributed by atoms with Gasteiger partial charge in [-0.05, 0) is 80.3 Å². The molecule has 3 N–H and O–H groups in total. The number of carboxylic acid groups (broad SMARTS) is 1. The van der Waals surface area contributed by atoms with E-state index in [0.29, 0.717) is 47.2 Å². The monoisotopic (exact) mass is 495 g/mol. The molecule has 188 valence electrons. The molecule has 1 saturated heterocycles. The molecule has 6 rings (SSSR count). The summed E-state index contributed by atoms with van der Waals surface area (Å²) < 4.78 is 38.1. The van der Waals surface area contributed by atoms with Crippen LogP contribution in [0.15, 0.2) is 30.5 Å². The molecule has 0 amide bonds. The van der Waals surface area contributed by atoms with Crippen molar-refractivity contribution in [3.8, 4) is 5.69 Å². The second-order valence-corrected chi connectivity index (χ2v) is 10.1. The first-order valence-electron chi connectivity index (χ1n) is 12.3. The Morgan fingerprint density at radius 2 is 1.97 bits per heavy atom. The van der Waals surface area contributed by atoms with Crippen LogP contribution in [0.3, 0.4) is 0 Å². The summed E-state index contributed by atoms with van der Waals surface area (Å²) in [6.45, 7) is 2.81. The highest BCUT2D eigenvalue weighted by Gasteiger charge is 2.46. The number of hydrogen-bond acceptors (Lipinski definition) is 4. The molecule has 1 aliphatic heterocycles. The molecule has 2 atom stereocenters. The van der Waals surface area contributed by atoms with Gasteiger partial charge in [-0.25, -0.2) is 13.6 Å². The summed E-state index contributed by atoms with van der Waals surface area (Å²) >= 11 is 0. The molecule has 0 radical (unpaired) electrons. The van der Waals surface area contributed by atoms with Gasteiger partial charge >= 0.3 is 5.97 Å². The van der Waals surface area contributed by atoms with E-state index < -0.39 is 17.4 Å². The maximum absolute atomic E-state index is 16.2. The molecular weight excluding hydrogens is 468 g/mol. The summed E-state index contributed by atoms with van der Waals surface area (Å²) in [5, 5.41) is 28.3. The number of ether oxygens (including phenoxy) is 1. The average Bonchev–Trinajstić information content (AvgIpc) is 3.58. The number of rotatable bonds is 4. The quantitative estimate of drug-likeness (QED) is 0.367. The van der Waals surface area contributed by atoms with Crippen LogP contribution in [-0.4, -0.2) is 49.8 Å². The van der Waals surface area contributed by atoms with Gasteiger partial charge < -0.3 is 19.5 Å². The zero-order chi connectivity index (χ0) is 25.2. The molecule has 36 heavy (non-hydrogen) atoms. The fourth-order valence-corrected chi connectivity index (χ4v) is 6.15. The molecule has 7 nitrogen and oxygen atoms in total. The van der Waals surface area contributed by atoms with Gasteiger partial charge in [-0.2, -0.15) is 5.10 Å². The van der Waals surface area contributed by atoms with Gasteiger partial charge in [-0.1, -0.05) is 0 Å². The Morgan fingerprint density at radius 1 is 1.19 bits per heavy atom. The molecular formula is C27H27F2N3O4. The van der Waals surface area contributed by atoms with E-state index >= 15 is 4.39 Å². The maximum atomic E-state index is 16.2.